The third-order valence-corrected chi connectivity index (χ3v) is 11.7. The van der Waals surface area contributed by atoms with Crippen LogP contribution >= 0.6 is 11.8 Å². The highest BCUT2D eigenvalue weighted by Crippen LogP contribution is 2.41. The zero-order valence-electron chi connectivity index (χ0n) is 31.4. The predicted molar refractivity (Wildman–Crippen MR) is 216 cm³/mol. The first-order chi connectivity index (χ1) is 25.8. The standard InChI is InChI=1S/C44H52N4O4S/c1-5-47(6-2)35-23-17-32(18-24-35)41-43(50)42(44(41)51)33-19-25-36(26-20-33)48(7-3)29-30-52-40(49)13-10-28-46(4)34-21-14-31(15-22-34)16-27-39-45-37-11-8-9-12-38(37)53-39/h8-9,11-12,14-15,17-26,33,39,42,45H,5-7,10,13,16,27-30H2,1-4H3. The van der Waals surface area contributed by atoms with Gasteiger partial charge in [0.25, 0.3) is 0 Å². The Morgan fingerprint density at radius 2 is 1.64 bits per heavy atom. The summed E-state index contributed by atoms with van der Waals surface area (Å²) in [6.45, 7) is 10.4. The summed E-state index contributed by atoms with van der Waals surface area (Å²) >= 11 is 1.91. The van der Waals surface area contributed by atoms with Crippen LogP contribution in [0.2, 0.25) is 0 Å². The van der Waals surface area contributed by atoms with Gasteiger partial charge < -0.3 is 25.0 Å². The summed E-state index contributed by atoms with van der Waals surface area (Å²) in [4.78, 5) is 31.5. The van der Waals surface area contributed by atoms with Crippen LogP contribution in [0.3, 0.4) is 0 Å². The van der Waals surface area contributed by atoms with Crippen molar-refractivity contribution in [2.24, 2.45) is 11.8 Å². The van der Waals surface area contributed by atoms with E-state index in [9.17, 15) is 14.7 Å². The molecule has 3 aromatic rings. The van der Waals surface area contributed by atoms with Crippen molar-refractivity contribution < 1.29 is 24.0 Å². The van der Waals surface area contributed by atoms with Gasteiger partial charge in [0.15, 0.2) is 18.0 Å². The van der Waals surface area contributed by atoms with Crippen LogP contribution in [0, 0.1) is 11.8 Å². The topological polar surface area (TPSA) is 87.9 Å². The Morgan fingerprint density at radius 1 is 0.943 bits per heavy atom. The van der Waals surface area contributed by atoms with Crippen LogP contribution in [-0.4, -0.2) is 73.8 Å². The van der Waals surface area contributed by atoms with Gasteiger partial charge in [-0.25, -0.2) is 4.58 Å². The zero-order valence-corrected chi connectivity index (χ0v) is 32.2. The van der Waals surface area contributed by atoms with E-state index in [2.05, 4.69) is 96.0 Å². The molecule has 1 heterocycles. The number of aryl methyl sites for hydroxylation is 1. The lowest BCUT2D eigenvalue weighted by Gasteiger charge is -2.40. The molecule has 0 saturated carbocycles. The van der Waals surface area contributed by atoms with Gasteiger partial charge in [-0.2, -0.15) is 0 Å². The number of nitrogens with one attached hydrogen (secondary N) is 1. The zero-order chi connectivity index (χ0) is 37.3. The molecule has 3 aliphatic rings. The first-order valence-electron chi connectivity index (χ1n) is 19.1. The molecular weight excluding hydrogens is 681 g/mol. The van der Waals surface area contributed by atoms with Crippen LogP contribution in [-0.2, 0) is 20.7 Å². The summed E-state index contributed by atoms with van der Waals surface area (Å²) in [5.41, 5.74) is 6.77. The molecule has 0 aromatic heterocycles. The number of ketones is 1. The number of rotatable bonds is 17. The van der Waals surface area contributed by atoms with E-state index in [0.29, 0.717) is 42.5 Å². The third kappa shape index (κ3) is 9.07. The first-order valence-corrected chi connectivity index (χ1v) is 19.9. The van der Waals surface area contributed by atoms with Crippen molar-refractivity contribution in [1.82, 2.24) is 0 Å². The molecule has 0 radical (unpaired) electrons. The number of para-hydroxylation sites is 1. The smallest absolute Gasteiger partial charge is 0.306 e. The Bertz CT molecular complexity index is 1840. The van der Waals surface area contributed by atoms with Gasteiger partial charge in [0.2, 0.25) is 0 Å². The second-order valence-corrected chi connectivity index (χ2v) is 15.0. The van der Waals surface area contributed by atoms with Gasteiger partial charge in [-0.3, -0.25) is 9.59 Å². The van der Waals surface area contributed by atoms with Crippen LogP contribution in [0.1, 0.15) is 51.2 Å². The maximum atomic E-state index is 13.2. The number of fused-ring (bicyclic) bond motifs is 1. The molecule has 1 N–H and O–H groups in total. The summed E-state index contributed by atoms with van der Waals surface area (Å²) < 4.78 is 7.73. The molecule has 1 aliphatic heterocycles. The molecule has 2 atom stereocenters. The molecule has 0 amide bonds. The lowest BCUT2D eigenvalue weighted by Crippen LogP contribution is -2.41. The molecule has 0 saturated heterocycles. The number of benzene rings is 3. The van der Waals surface area contributed by atoms with Crippen molar-refractivity contribution in [2.45, 2.75) is 56.7 Å². The maximum Gasteiger partial charge on any atom is 0.306 e. The predicted octanol–water partition coefficient (Wildman–Crippen LogP) is 6.96. The molecule has 53 heavy (non-hydrogen) atoms. The lowest BCUT2D eigenvalue weighted by atomic mass is 9.71. The van der Waals surface area contributed by atoms with Crippen LogP contribution in [0.25, 0.3) is 5.57 Å². The second-order valence-electron chi connectivity index (χ2n) is 13.8. The average Bonchev–Trinajstić information content (AvgIpc) is 3.61. The second kappa shape index (κ2) is 17.8. The Morgan fingerprint density at radius 3 is 2.30 bits per heavy atom. The number of ether oxygens (including phenoxy) is 1. The molecule has 2 aliphatic carbocycles. The van der Waals surface area contributed by atoms with Crippen LogP contribution in [0.4, 0.5) is 17.1 Å². The van der Waals surface area contributed by atoms with E-state index >= 15 is 0 Å². The molecule has 6 rings (SSSR count). The van der Waals surface area contributed by atoms with Crippen molar-refractivity contribution in [1.29, 1.82) is 0 Å². The van der Waals surface area contributed by atoms with E-state index in [1.165, 1.54) is 16.1 Å². The number of esters is 1. The van der Waals surface area contributed by atoms with Gasteiger partial charge in [0.05, 0.1) is 5.37 Å². The van der Waals surface area contributed by atoms with Crippen molar-refractivity contribution >= 4 is 51.9 Å². The highest BCUT2D eigenvalue weighted by atomic mass is 32.2. The van der Waals surface area contributed by atoms with Crippen molar-refractivity contribution in [3.8, 4) is 0 Å². The van der Waals surface area contributed by atoms with E-state index in [4.69, 9.17) is 4.74 Å². The molecule has 0 bridgehead atoms. The quantitative estimate of drug-likeness (QED) is 0.118. The number of carbonyl (C=O) groups is 2. The van der Waals surface area contributed by atoms with Gasteiger partial charge in [-0.05, 0) is 87.6 Å². The van der Waals surface area contributed by atoms with Crippen molar-refractivity contribution in [3.05, 3.63) is 114 Å². The number of likely N-dealkylation sites (N-methyl/N-ethyl adjacent to an activating group) is 1. The summed E-state index contributed by atoms with van der Waals surface area (Å²) in [6, 6.07) is 24.9. The SMILES string of the molecule is CCN(CC)c1ccc(C2=C([O-])C(C3C=CC(=[N+](CC)CCOC(=O)CCCN(C)c4ccc(CCC5Nc6ccccc6S5)cc4)C=C3)C2=O)cc1. The maximum absolute atomic E-state index is 13.2. The summed E-state index contributed by atoms with van der Waals surface area (Å²) in [5.74, 6) is -1.31. The number of nitrogens with zero attached hydrogens (tertiary/aromatic N) is 3. The van der Waals surface area contributed by atoms with E-state index < -0.39 is 5.92 Å². The number of thioether (sulfide) groups is 1. The Balaban J connectivity index is 0.900. The van der Waals surface area contributed by atoms with Gasteiger partial charge in [0.1, 0.15) is 13.2 Å². The molecule has 2 unspecified atom stereocenters. The third-order valence-electron chi connectivity index (χ3n) is 10.5. The Kier molecular flexibility index (Phi) is 12.8. The average molecular weight is 733 g/mol. The number of carbonyl (C=O) groups excluding carboxylic acids is 2. The monoisotopic (exact) mass is 732 g/mol. The van der Waals surface area contributed by atoms with E-state index in [0.717, 1.165) is 56.1 Å². The van der Waals surface area contributed by atoms with Crippen LogP contribution in [0.15, 0.2) is 108 Å². The minimum Gasteiger partial charge on any atom is -0.874 e. The highest BCUT2D eigenvalue weighted by Gasteiger charge is 2.38. The lowest BCUT2D eigenvalue weighted by molar-refractivity contribution is -0.524. The number of Topliss-reactive ketones (excluding diaryl/α,β-unsaturated/α-hetero) is 1. The fraction of sp³-hybridized carbons (Fsp3) is 0.386. The fourth-order valence-electron chi connectivity index (χ4n) is 7.30. The summed E-state index contributed by atoms with van der Waals surface area (Å²) in [7, 11) is 2.06. The Hall–Kier alpha value is -4.76. The largest absolute Gasteiger partial charge is 0.874 e. The minimum atomic E-state index is -0.668. The van der Waals surface area contributed by atoms with E-state index in [-0.39, 0.29) is 23.4 Å². The van der Waals surface area contributed by atoms with Gasteiger partial charge in [-0.1, -0.05) is 60.3 Å². The van der Waals surface area contributed by atoms with Crippen LogP contribution < -0.4 is 20.2 Å². The minimum absolute atomic E-state index is 0.0918. The van der Waals surface area contributed by atoms with Crippen molar-refractivity contribution in [2.75, 3.05) is 61.5 Å². The fourth-order valence-corrected chi connectivity index (χ4v) is 8.44. The number of allylic oxidation sites excluding steroid dienone is 6. The highest BCUT2D eigenvalue weighted by molar-refractivity contribution is 8.00. The van der Waals surface area contributed by atoms with Gasteiger partial charge in [0, 0.05) is 84.6 Å². The number of hydrogen-bond acceptors (Lipinski definition) is 8. The molecule has 3 aromatic carbocycles. The van der Waals surface area contributed by atoms with Crippen molar-refractivity contribution in [3.63, 3.8) is 0 Å². The normalized spacial score (nSPS) is 18.8. The first kappa shape index (κ1) is 38.0. The molecular formula is C44H52N4O4S. The molecule has 0 fully saturated rings. The number of hydrogen-bond donors (Lipinski definition) is 1. The molecule has 8 nitrogen and oxygen atoms in total. The number of anilines is 3. The summed E-state index contributed by atoms with van der Waals surface area (Å²) in [5, 5.41) is 17.2. The van der Waals surface area contributed by atoms with Gasteiger partial charge in [-0.15, -0.1) is 5.76 Å². The Labute approximate surface area is 318 Å². The molecule has 278 valence electrons. The van der Waals surface area contributed by atoms with E-state index in [1.54, 1.807) is 0 Å². The summed E-state index contributed by atoms with van der Waals surface area (Å²) in [6.07, 6.45) is 11.0. The van der Waals surface area contributed by atoms with E-state index in [1.807, 2.05) is 60.3 Å². The van der Waals surface area contributed by atoms with Gasteiger partial charge >= 0.3 is 5.97 Å². The molecule has 9 heteroatoms. The van der Waals surface area contributed by atoms with Crippen LogP contribution in [0.5, 0.6) is 0 Å². The molecule has 0 spiro atoms.